The summed E-state index contributed by atoms with van der Waals surface area (Å²) in [4.78, 5) is 2.51. The molecule has 1 N–H and O–H groups in total. The van der Waals surface area contributed by atoms with Crippen molar-refractivity contribution in [3.05, 3.63) is 0 Å². The van der Waals surface area contributed by atoms with Crippen LogP contribution in [0.25, 0.3) is 0 Å². The molecule has 0 saturated carbocycles. The second-order valence-corrected chi connectivity index (χ2v) is 6.76. The lowest BCUT2D eigenvalue weighted by atomic mass is 10.2. The molecule has 1 unspecified atom stereocenters. The van der Waals surface area contributed by atoms with Crippen LogP contribution in [0, 0.1) is 5.92 Å². The summed E-state index contributed by atoms with van der Waals surface area (Å²) >= 11 is 1.95. The van der Waals surface area contributed by atoms with Gasteiger partial charge >= 0.3 is 0 Å². The van der Waals surface area contributed by atoms with Crippen LogP contribution in [0.1, 0.15) is 46.5 Å². The topological polar surface area (TPSA) is 15.3 Å². The maximum atomic E-state index is 3.51. The summed E-state index contributed by atoms with van der Waals surface area (Å²) in [6, 6.07) is 0.733. The Morgan fingerprint density at radius 1 is 1.11 bits per heavy atom. The van der Waals surface area contributed by atoms with Crippen molar-refractivity contribution in [1.82, 2.24) is 10.2 Å². The van der Waals surface area contributed by atoms with Crippen LogP contribution in [0.4, 0.5) is 0 Å². The van der Waals surface area contributed by atoms with Gasteiger partial charge < -0.3 is 10.2 Å². The van der Waals surface area contributed by atoms with E-state index in [1.165, 1.54) is 44.5 Å². The highest BCUT2D eigenvalue weighted by Gasteiger charge is 2.07. The van der Waals surface area contributed by atoms with Crippen molar-refractivity contribution in [2.45, 2.75) is 52.5 Å². The van der Waals surface area contributed by atoms with Crippen LogP contribution in [0.15, 0.2) is 0 Å². The monoisotopic (exact) mass is 274 g/mol. The van der Waals surface area contributed by atoms with Gasteiger partial charge in [-0.05, 0) is 70.8 Å². The van der Waals surface area contributed by atoms with Crippen LogP contribution >= 0.6 is 11.8 Å². The summed E-state index contributed by atoms with van der Waals surface area (Å²) in [6.45, 7) is 10.5. The zero-order chi connectivity index (χ0) is 13.8. The smallest absolute Gasteiger partial charge is 0.00717 e. The van der Waals surface area contributed by atoms with Crippen molar-refractivity contribution in [3.8, 4) is 0 Å². The Balaban J connectivity index is 3.31. The molecule has 0 aromatic rings. The SMILES string of the molecule is CSCCC(C)N(C)CCCCCNCC(C)C. The third-order valence-electron chi connectivity index (χ3n) is 3.41. The van der Waals surface area contributed by atoms with Crippen LogP contribution in [0.3, 0.4) is 0 Å². The molecule has 0 aliphatic heterocycles. The molecular formula is C15H34N2S. The molecule has 0 saturated heterocycles. The molecule has 18 heavy (non-hydrogen) atoms. The molecule has 110 valence electrons. The summed E-state index contributed by atoms with van der Waals surface area (Å²) in [5, 5.41) is 3.51. The lowest BCUT2D eigenvalue weighted by Gasteiger charge is -2.24. The van der Waals surface area contributed by atoms with Crippen LogP contribution in [0.2, 0.25) is 0 Å². The lowest BCUT2D eigenvalue weighted by molar-refractivity contribution is 0.247. The van der Waals surface area contributed by atoms with Gasteiger partial charge in [-0.25, -0.2) is 0 Å². The number of nitrogens with zero attached hydrogens (tertiary/aromatic N) is 1. The van der Waals surface area contributed by atoms with E-state index in [1.807, 2.05) is 11.8 Å². The Morgan fingerprint density at radius 3 is 2.44 bits per heavy atom. The predicted molar refractivity (Wildman–Crippen MR) is 86.6 cm³/mol. The van der Waals surface area contributed by atoms with Crippen LogP contribution in [-0.2, 0) is 0 Å². The van der Waals surface area contributed by atoms with E-state index in [2.05, 4.69) is 44.3 Å². The van der Waals surface area contributed by atoms with Crippen LogP contribution in [0.5, 0.6) is 0 Å². The molecule has 0 aromatic heterocycles. The van der Waals surface area contributed by atoms with Gasteiger partial charge in [-0.3, -0.25) is 0 Å². The largest absolute Gasteiger partial charge is 0.316 e. The average Bonchev–Trinajstić information content (AvgIpc) is 2.34. The highest BCUT2D eigenvalue weighted by atomic mass is 32.2. The highest BCUT2D eigenvalue weighted by molar-refractivity contribution is 7.98. The van der Waals surface area contributed by atoms with Crippen LogP contribution in [-0.4, -0.2) is 49.6 Å². The normalized spacial score (nSPS) is 13.5. The van der Waals surface area contributed by atoms with E-state index in [0.717, 1.165) is 18.5 Å². The number of unbranched alkanes of at least 4 members (excludes halogenated alkanes) is 2. The van der Waals surface area contributed by atoms with Gasteiger partial charge in [0.2, 0.25) is 0 Å². The number of nitrogens with one attached hydrogen (secondary N) is 1. The third kappa shape index (κ3) is 11.4. The second-order valence-electron chi connectivity index (χ2n) is 5.77. The Labute approximate surface area is 119 Å². The molecule has 0 bridgehead atoms. The first-order valence-electron chi connectivity index (χ1n) is 7.47. The van der Waals surface area contributed by atoms with Gasteiger partial charge in [0, 0.05) is 6.04 Å². The summed E-state index contributed by atoms with van der Waals surface area (Å²) in [6.07, 6.45) is 7.51. The zero-order valence-corrected chi connectivity index (χ0v) is 14.0. The minimum absolute atomic E-state index is 0.733. The first-order chi connectivity index (χ1) is 8.57. The van der Waals surface area contributed by atoms with Crippen molar-refractivity contribution in [2.75, 3.05) is 38.7 Å². The molecule has 1 atom stereocenters. The Hall–Kier alpha value is 0.270. The van der Waals surface area contributed by atoms with E-state index in [9.17, 15) is 0 Å². The third-order valence-corrected chi connectivity index (χ3v) is 4.05. The van der Waals surface area contributed by atoms with Gasteiger partial charge in [0.05, 0.1) is 0 Å². The van der Waals surface area contributed by atoms with Gasteiger partial charge in [-0.1, -0.05) is 20.3 Å². The number of rotatable bonds is 12. The zero-order valence-electron chi connectivity index (χ0n) is 13.2. The van der Waals surface area contributed by atoms with Gasteiger partial charge in [0.15, 0.2) is 0 Å². The fourth-order valence-electron chi connectivity index (χ4n) is 1.91. The molecular weight excluding hydrogens is 240 g/mol. The molecule has 0 aliphatic rings. The van der Waals surface area contributed by atoms with Gasteiger partial charge in [0.25, 0.3) is 0 Å². The molecule has 0 amide bonds. The molecule has 2 nitrogen and oxygen atoms in total. The Morgan fingerprint density at radius 2 is 1.83 bits per heavy atom. The number of hydrogen-bond acceptors (Lipinski definition) is 3. The minimum atomic E-state index is 0.733. The van der Waals surface area contributed by atoms with E-state index in [1.54, 1.807) is 0 Å². The standard InChI is InChI=1S/C15H34N2S/c1-14(2)13-16-10-7-6-8-11-17(4)15(3)9-12-18-5/h14-16H,6-13H2,1-5H3. The second kappa shape index (κ2) is 12.3. The summed E-state index contributed by atoms with van der Waals surface area (Å²) in [5.74, 6) is 2.05. The lowest BCUT2D eigenvalue weighted by Crippen LogP contribution is -2.30. The Kier molecular flexibility index (Phi) is 12.5. The molecule has 0 spiro atoms. The first-order valence-corrected chi connectivity index (χ1v) is 8.87. The predicted octanol–water partition coefficient (Wildman–Crippen LogP) is 3.48. The summed E-state index contributed by atoms with van der Waals surface area (Å²) in [7, 11) is 2.27. The number of hydrogen-bond donors (Lipinski definition) is 1. The van der Waals surface area contributed by atoms with E-state index in [-0.39, 0.29) is 0 Å². The molecule has 3 heteroatoms. The van der Waals surface area contributed by atoms with E-state index >= 15 is 0 Å². The quantitative estimate of drug-likeness (QED) is 0.549. The van der Waals surface area contributed by atoms with Crippen molar-refractivity contribution >= 4 is 11.8 Å². The van der Waals surface area contributed by atoms with E-state index in [4.69, 9.17) is 0 Å². The maximum absolute atomic E-state index is 3.51. The van der Waals surface area contributed by atoms with Crippen molar-refractivity contribution in [1.29, 1.82) is 0 Å². The van der Waals surface area contributed by atoms with Crippen LogP contribution < -0.4 is 5.32 Å². The van der Waals surface area contributed by atoms with Crippen molar-refractivity contribution < 1.29 is 0 Å². The molecule has 0 fully saturated rings. The fourth-order valence-corrected chi connectivity index (χ4v) is 2.48. The molecule has 0 heterocycles. The molecule has 0 aromatic carbocycles. The first kappa shape index (κ1) is 18.3. The molecule has 0 radical (unpaired) electrons. The Bertz CT molecular complexity index is 174. The van der Waals surface area contributed by atoms with Gasteiger partial charge in [-0.2, -0.15) is 11.8 Å². The van der Waals surface area contributed by atoms with E-state index in [0.29, 0.717) is 0 Å². The molecule has 0 aliphatic carbocycles. The van der Waals surface area contributed by atoms with Gasteiger partial charge in [-0.15, -0.1) is 0 Å². The van der Waals surface area contributed by atoms with Crippen molar-refractivity contribution in [3.63, 3.8) is 0 Å². The summed E-state index contributed by atoms with van der Waals surface area (Å²) in [5.41, 5.74) is 0. The highest BCUT2D eigenvalue weighted by Crippen LogP contribution is 2.07. The maximum Gasteiger partial charge on any atom is 0.00717 e. The summed E-state index contributed by atoms with van der Waals surface area (Å²) < 4.78 is 0. The minimum Gasteiger partial charge on any atom is -0.316 e. The average molecular weight is 275 g/mol. The van der Waals surface area contributed by atoms with E-state index < -0.39 is 0 Å². The fraction of sp³-hybridized carbons (Fsp3) is 1.00. The van der Waals surface area contributed by atoms with Crippen molar-refractivity contribution in [2.24, 2.45) is 5.92 Å². The number of thioether (sulfide) groups is 1. The molecule has 0 rings (SSSR count). The van der Waals surface area contributed by atoms with Gasteiger partial charge in [0.1, 0.15) is 0 Å².